The van der Waals surface area contributed by atoms with Crippen LogP contribution in [0.3, 0.4) is 0 Å². The summed E-state index contributed by atoms with van der Waals surface area (Å²) < 4.78 is 6.92. The Labute approximate surface area is 167 Å². The predicted molar refractivity (Wildman–Crippen MR) is 109 cm³/mol. The average Bonchev–Trinajstić information content (AvgIpc) is 3.52. The number of benzene rings is 1. The van der Waals surface area contributed by atoms with Crippen LogP contribution >= 0.6 is 0 Å². The first kappa shape index (κ1) is 19.4. The van der Waals surface area contributed by atoms with E-state index in [1.807, 2.05) is 16.4 Å². The molecule has 1 saturated carbocycles. The normalized spacial score (nSPS) is 19.4. The number of anilines is 1. The minimum Gasteiger partial charge on any atom is -0.462 e. The third-order valence-corrected chi connectivity index (χ3v) is 5.47. The van der Waals surface area contributed by atoms with Crippen LogP contribution in [0.15, 0.2) is 23.1 Å². The van der Waals surface area contributed by atoms with Crippen LogP contribution in [0.2, 0.25) is 0 Å². The van der Waals surface area contributed by atoms with Crippen molar-refractivity contribution in [1.29, 1.82) is 0 Å². The number of nitrogens with one attached hydrogen (secondary N) is 1. The highest BCUT2D eigenvalue weighted by Gasteiger charge is 2.30. The van der Waals surface area contributed by atoms with Crippen LogP contribution in [-0.4, -0.2) is 47.7 Å². The van der Waals surface area contributed by atoms with Crippen molar-refractivity contribution >= 4 is 28.2 Å². The molecule has 9 nitrogen and oxygen atoms in total. The fourth-order valence-corrected chi connectivity index (χ4v) is 3.93. The third kappa shape index (κ3) is 3.57. The van der Waals surface area contributed by atoms with E-state index in [9.17, 15) is 19.7 Å². The highest BCUT2D eigenvalue weighted by molar-refractivity contribution is 5.96. The molecule has 0 spiro atoms. The average molecular weight is 400 g/mol. The van der Waals surface area contributed by atoms with Crippen LogP contribution in [0, 0.1) is 10.1 Å². The maximum Gasteiger partial charge on any atom is 0.343 e. The first-order valence-corrected chi connectivity index (χ1v) is 9.93. The second-order valence-electron chi connectivity index (χ2n) is 7.65. The largest absolute Gasteiger partial charge is 0.462 e. The van der Waals surface area contributed by atoms with E-state index in [0.29, 0.717) is 24.3 Å². The van der Waals surface area contributed by atoms with Crippen LogP contribution in [0.1, 0.15) is 43.1 Å². The number of hydrogen-bond donors (Lipinski definition) is 1. The van der Waals surface area contributed by atoms with E-state index < -0.39 is 16.3 Å². The summed E-state index contributed by atoms with van der Waals surface area (Å²) in [7, 11) is 0. The molecule has 9 heteroatoms. The van der Waals surface area contributed by atoms with Crippen LogP contribution in [0.5, 0.6) is 0 Å². The molecule has 4 rings (SSSR count). The number of hydrogen-bond acceptors (Lipinski definition) is 7. The minimum absolute atomic E-state index is 0.0795. The number of carbonyl (C=O) groups excluding carboxylic acids is 1. The summed E-state index contributed by atoms with van der Waals surface area (Å²) in [5, 5.41) is 15.3. The molecule has 1 unspecified atom stereocenters. The Bertz CT molecular complexity index is 1040. The number of piperazine rings is 1. The minimum atomic E-state index is -0.698. The molecule has 1 aliphatic carbocycles. The zero-order valence-electron chi connectivity index (χ0n) is 16.5. The second kappa shape index (κ2) is 7.47. The molecule has 0 bridgehead atoms. The molecule has 2 fully saturated rings. The number of rotatable bonds is 5. The van der Waals surface area contributed by atoms with E-state index in [1.54, 1.807) is 19.2 Å². The summed E-state index contributed by atoms with van der Waals surface area (Å²) in [5.41, 5.74) is 0.403. The fourth-order valence-electron chi connectivity index (χ4n) is 3.93. The van der Waals surface area contributed by atoms with E-state index >= 15 is 0 Å². The smallest absolute Gasteiger partial charge is 0.343 e. The number of ether oxygens (including phenoxy) is 1. The van der Waals surface area contributed by atoms with E-state index in [-0.39, 0.29) is 35.3 Å². The maximum absolute atomic E-state index is 13.0. The molecule has 1 atom stereocenters. The summed E-state index contributed by atoms with van der Waals surface area (Å²) >= 11 is 0. The number of aromatic nitrogens is 1. The Morgan fingerprint density at radius 2 is 2.14 bits per heavy atom. The van der Waals surface area contributed by atoms with E-state index in [0.717, 1.165) is 19.4 Å². The maximum atomic E-state index is 13.0. The van der Waals surface area contributed by atoms with Crippen molar-refractivity contribution in [2.75, 3.05) is 31.1 Å². The lowest BCUT2D eigenvalue weighted by atomic mass is 10.1. The Hall–Kier alpha value is -2.94. The highest BCUT2D eigenvalue weighted by atomic mass is 16.6. The summed E-state index contributed by atoms with van der Waals surface area (Å²) in [6.45, 7) is 5.87. The molecule has 1 aromatic carbocycles. The zero-order valence-corrected chi connectivity index (χ0v) is 16.5. The molecule has 154 valence electrons. The first-order valence-electron chi connectivity index (χ1n) is 9.93. The molecular formula is C20H24N4O5. The van der Waals surface area contributed by atoms with Crippen molar-refractivity contribution in [2.45, 2.75) is 38.8 Å². The molecule has 0 amide bonds. The van der Waals surface area contributed by atoms with Gasteiger partial charge in [-0.2, -0.15) is 0 Å². The van der Waals surface area contributed by atoms with Crippen molar-refractivity contribution in [2.24, 2.45) is 0 Å². The number of nitro benzene ring substituents is 1. The van der Waals surface area contributed by atoms with Gasteiger partial charge < -0.3 is 19.5 Å². The van der Waals surface area contributed by atoms with Gasteiger partial charge in [0.1, 0.15) is 11.3 Å². The van der Waals surface area contributed by atoms with Crippen molar-refractivity contribution in [3.8, 4) is 0 Å². The number of pyridine rings is 1. The molecule has 2 aliphatic rings. The SMILES string of the molecule is CCOC(=O)c1cn(C2CC2)c2cc(N3CCNC(C)C3)c([N+](=O)[O-])cc2c1=O. The van der Waals surface area contributed by atoms with Gasteiger partial charge in [0.25, 0.3) is 5.69 Å². The molecule has 1 N–H and O–H groups in total. The third-order valence-electron chi connectivity index (χ3n) is 5.47. The topological polar surface area (TPSA) is 107 Å². The number of fused-ring (bicyclic) bond motifs is 1. The fraction of sp³-hybridized carbons (Fsp3) is 0.500. The number of carbonyl (C=O) groups is 1. The lowest BCUT2D eigenvalue weighted by Gasteiger charge is -2.33. The molecule has 1 saturated heterocycles. The van der Waals surface area contributed by atoms with Gasteiger partial charge in [0.05, 0.1) is 22.4 Å². The quantitative estimate of drug-likeness (QED) is 0.466. The first-order chi connectivity index (χ1) is 13.9. The number of nitro groups is 1. The van der Waals surface area contributed by atoms with E-state index in [4.69, 9.17) is 4.74 Å². The Balaban J connectivity index is 1.95. The van der Waals surface area contributed by atoms with Gasteiger partial charge in [0.2, 0.25) is 5.43 Å². The molecule has 2 aromatic rings. The van der Waals surface area contributed by atoms with Gasteiger partial charge in [-0.1, -0.05) is 0 Å². The summed E-state index contributed by atoms with van der Waals surface area (Å²) in [4.78, 5) is 38.6. The molecule has 29 heavy (non-hydrogen) atoms. The highest BCUT2D eigenvalue weighted by Crippen LogP contribution is 2.39. The molecule has 0 radical (unpaired) electrons. The summed E-state index contributed by atoms with van der Waals surface area (Å²) in [6.07, 6.45) is 3.44. The van der Waals surface area contributed by atoms with Crippen molar-refractivity contribution < 1.29 is 14.5 Å². The van der Waals surface area contributed by atoms with E-state index in [1.165, 1.54) is 6.07 Å². The van der Waals surface area contributed by atoms with Gasteiger partial charge in [-0.25, -0.2) is 4.79 Å². The van der Waals surface area contributed by atoms with Crippen molar-refractivity contribution in [3.63, 3.8) is 0 Å². The molecule has 1 aliphatic heterocycles. The second-order valence-corrected chi connectivity index (χ2v) is 7.65. The Morgan fingerprint density at radius 1 is 1.38 bits per heavy atom. The van der Waals surface area contributed by atoms with Crippen LogP contribution in [-0.2, 0) is 4.74 Å². The van der Waals surface area contributed by atoms with Gasteiger partial charge in [-0.15, -0.1) is 0 Å². The molecule has 1 aromatic heterocycles. The predicted octanol–water partition coefficient (Wildman–Crippen LogP) is 2.22. The summed E-state index contributed by atoms with van der Waals surface area (Å²) in [5.74, 6) is -0.698. The Morgan fingerprint density at radius 3 is 2.76 bits per heavy atom. The number of esters is 1. The van der Waals surface area contributed by atoms with Gasteiger partial charge in [0.15, 0.2) is 0 Å². The van der Waals surface area contributed by atoms with Crippen LogP contribution in [0.4, 0.5) is 11.4 Å². The summed E-state index contributed by atoms with van der Waals surface area (Å²) in [6, 6.07) is 3.44. The van der Waals surface area contributed by atoms with Gasteiger partial charge in [-0.3, -0.25) is 14.9 Å². The van der Waals surface area contributed by atoms with Gasteiger partial charge in [0, 0.05) is 44.0 Å². The zero-order chi connectivity index (χ0) is 20.7. The van der Waals surface area contributed by atoms with E-state index in [2.05, 4.69) is 5.32 Å². The van der Waals surface area contributed by atoms with Gasteiger partial charge in [-0.05, 0) is 32.8 Å². The van der Waals surface area contributed by atoms with Crippen molar-refractivity contribution in [1.82, 2.24) is 9.88 Å². The van der Waals surface area contributed by atoms with Crippen molar-refractivity contribution in [3.05, 3.63) is 44.2 Å². The lowest BCUT2D eigenvalue weighted by Crippen LogP contribution is -2.49. The standard InChI is InChI=1S/C20H24N4O5/c1-3-29-20(26)15-11-23(13-4-5-13)16-9-17(22-7-6-21-12(2)10-22)18(24(27)28)8-14(16)19(15)25/h8-9,11-13,21H,3-7,10H2,1-2H3. The number of nitrogens with zero attached hydrogens (tertiary/aromatic N) is 3. The molecule has 2 heterocycles. The van der Waals surface area contributed by atoms with Crippen LogP contribution in [0.25, 0.3) is 10.9 Å². The van der Waals surface area contributed by atoms with Gasteiger partial charge >= 0.3 is 5.97 Å². The van der Waals surface area contributed by atoms with Crippen LogP contribution < -0.4 is 15.6 Å². The molecular weight excluding hydrogens is 376 g/mol. The monoisotopic (exact) mass is 400 g/mol. The lowest BCUT2D eigenvalue weighted by molar-refractivity contribution is -0.384. The Kier molecular flexibility index (Phi) is 4.99.